The zero-order valence-electron chi connectivity index (χ0n) is 10.0. The molecule has 4 heteroatoms. The fourth-order valence-electron chi connectivity index (χ4n) is 1.85. The first-order chi connectivity index (χ1) is 7.72. The molecule has 1 rings (SSSR count). The van der Waals surface area contributed by atoms with Crippen LogP contribution in [0.15, 0.2) is 0 Å². The van der Waals surface area contributed by atoms with E-state index >= 15 is 0 Å². The maximum Gasteiger partial charge on any atom is 0.234 e. The third-order valence-electron chi connectivity index (χ3n) is 2.80. The van der Waals surface area contributed by atoms with Crippen molar-refractivity contribution in [1.29, 1.82) is 0 Å². The average molecular weight is 223 g/mol. The van der Waals surface area contributed by atoms with Gasteiger partial charge in [0.25, 0.3) is 0 Å². The lowest BCUT2D eigenvalue weighted by atomic mass is 10.4. The van der Waals surface area contributed by atoms with Crippen LogP contribution >= 0.6 is 0 Å². The van der Waals surface area contributed by atoms with Crippen molar-refractivity contribution in [2.45, 2.75) is 12.8 Å². The number of hydrogen-bond acceptors (Lipinski definition) is 3. The van der Waals surface area contributed by atoms with Gasteiger partial charge in [-0.15, -0.1) is 6.42 Å². The molecule has 0 bridgehead atoms. The molecule has 1 amide bonds. The first kappa shape index (κ1) is 13.0. The van der Waals surface area contributed by atoms with E-state index in [-0.39, 0.29) is 5.91 Å². The van der Waals surface area contributed by atoms with Crippen LogP contribution in [0.3, 0.4) is 0 Å². The van der Waals surface area contributed by atoms with Gasteiger partial charge in [-0.05, 0) is 33.0 Å². The van der Waals surface area contributed by atoms with Gasteiger partial charge in [-0.3, -0.25) is 9.69 Å². The van der Waals surface area contributed by atoms with E-state index in [9.17, 15) is 4.79 Å². The van der Waals surface area contributed by atoms with Gasteiger partial charge >= 0.3 is 0 Å². The molecule has 1 aliphatic rings. The molecule has 0 aromatic heterocycles. The van der Waals surface area contributed by atoms with E-state index in [4.69, 9.17) is 6.42 Å². The predicted molar refractivity (Wildman–Crippen MR) is 65.0 cm³/mol. The summed E-state index contributed by atoms with van der Waals surface area (Å²) in [7, 11) is 1.96. The zero-order chi connectivity index (χ0) is 11.8. The Labute approximate surface area is 98.0 Å². The Bertz CT molecular complexity index is 253. The highest BCUT2D eigenvalue weighted by Gasteiger charge is 2.12. The van der Waals surface area contributed by atoms with Crippen LogP contribution in [0.2, 0.25) is 0 Å². The van der Waals surface area contributed by atoms with Gasteiger partial charge in [0.15, 0.2) is 0 Å². The number of terminal acetylenes is 1. The Balaban J connectivity index is 2.07. The highest BCUT2D eigenvalue weighted by Crippen LogP contribution is 2.06. The first-order valence-electron chi connectivity index (χ1n) is 5.83. The molecule has 0 saturated carbocycles. The fraction of sp³-hybridized carbons (Fsp3) is 0.750. The summed E-state index contributed by atoms with van der Waals surface area (Å²) in [5.74, 6) is 2.39. The average Bonchev–Trinajstić information content (AvgIpc) is 2.76. The van der Waals surface area contributed by atoms with Gasteiger partial charge in [0.1, 0.15) is 0 Å². The number of hydrogen-bond donors (Lipinski definition) is 1. The molecule has 90 valence electrons. The fourth-order valence-corrected chi connectivity index (χ4v) is 1.85. The molecule has 1 N–H and O–H groups in total. The second-order valence-corrected chi connectivity index (χ2v) is 4.27. The van der Waals surface area contributed by atoms with E-state index in [1.54, 1.807) is 0 Å². The predicted octanol–water partition coefficient (Wildman–Crippen LogP) is -0.237. The smallest absolute Gasteiger partial charge is 0.234 e. The topological polar surface area (TPSA) is 35.6 Å². The Morgan fingerprint density at radius 1 is 1.50 bits per heavy atom. The van der Waals surface area contributed by atoms with Crippen molar-refractivity contribution in [1.82, 2.24) is 15.1 Å². The lowest BCUT2D eigenvalue weighted by molar-refractivity contribution is -0.121. The van der Waals surface area contributed by atoms with Crippen molar-refractivity contribution < 1.29 is 4.79 Å². The number of likely N-dealkylation sites (N-methyl/N-ethyl adjacent to an activating group) is 1. The summed E-state index contributed by atoms with van der Waals surface area (Å²) >= 11 is 0. The highest BCUT2D eigenvalue weighted by molar-refractivity contribution is 5.78. The Hall–Kier alpha value is -1.05. The summed E-state index contributed by atoms with van der Waals surface area (Å²) < 4.78 is 0. The summed E-state index contributed by atoms with van der Waals surface area (Å²) in [4.78, 5) is 15.8. The van der Waals surface area contributed by atoms with Gasteiger partial charge < -0.3 is 10.2 Å². The van der Waals surface area contributed by atoms with E-state index in [0.29, 0.717) is 13.1 Å². The van der Waals surface area contributed by atoms with Crippen molar-refractivity contribution in [3.63, 3.8) is 0 Å². The Morgan fingerprint density at radius 2 is 2.19 bits per heavy atom. The molecule has 1 saturated heterocycles. The summed E-state index contributed by atoms with van der Waals surface area (Å²) in [6.45, 7) is 5.14. The maximum atomic E-state index is 11.3. The largest absolute Gasteiger partial charge is 0.344 e. The molecule has 1 fully saturated rings. The zero-order valence-corrected chi connectivity index (χ0v) is 10.0. The number of amides is 1. The number of carbonyl (C=O) groups is 1. The first-order valence-corrected chi connectivity index (χ1v) is 5.83. The lowest BCUT2D eigenvalue weighted by Gasteiger charge is -2.20. The molecule has 1 aliphatic heterocycles. The normalized spacial score (nSPS) is 16.3. The SMILES string of the molecule is C#CCNC(=O)CN(C)CCN1CCCC1. The minimum absolute atomic E-state index is 0.00173. The summed E-state index contributed by atoms with van der Waals surface area (Å²) in [6.07, 6.45) is 7.69. The van der Waals surface area contributed by atoms with Gasteiger partial charge in [0.2, 0.25) is 5.91 Å². The van der Waals surface area contributed by atoms with Crippen molar-refractivity contribution in [2.24, 2.45) is 0 Å². The molecule has 0 aliphatic carbocycles. The number of nitrogens with zero attached hydrogens (tertiary/aromatic N) is 2. The quantitative estimate of drug-likeness (QED) is 0.632. The van der Waals surface area contributed by atoms with Crippen LogP contribution in [0.25, 0.3) is 0 Å². The van der Waals surface area contributed by atoms with Gasteiger partial charge in [-0.25, -0.2) is 0 Å². The molecule has 16 heavy (non-hydrogen) atoms. The molecule has 0 spiro atoms. The lowest BCUT2D eigenvalue weighted by Crippen LogP contribution is -2.38. The molecular formula is C12H21N3O. The van der Waals surface area contributed by atoms with Crippen molar-refractivity contribution >= 4 is 5.91 Å². The van der Waals surface area contributed by atoms with Crippen molar-refractivity contribution in [2.75, 3.05) is 46.3 Å². The Morgan fingerprint density at radius 3 is 2.81 bits per heavy atom. The molecule has 0 aromatic carbocycles. The number of nitrogens with one attached hydrogen (secondary N) is 1. The van der Waals surface area contributed by atoms with Gasteiger partial charge in [-0.1, -0.05) is 5.92 Å². The van der Waals surface area contributed by atoms with Crippen LogP contribution in [0.4, 0.5) is 0 Å². The molecule has 0 aromatic rings. The van der Waals surface area contributed by atoms with Crippen molar-refractivity contribution in [3.8, 4) is 12.3 Å². The standard InChI is InChI=1S/C12H21N3O/c1-3-6-13-12(16)11-14(2)9-10-15-7-4-5-8-15/h1H,4-11H2,2H3,(H,13,16). The maximum absolute atomic E-state index is 11.3. The van der Waals surface area contributed by atoms with Crippen LogP contribution in [0.1, 0.15) is 12.8 Å². The molecule has 0 radical (unpaired) electrons. The molecule has 0 atom stereocenters. The monoisotopic (exact) mass is 223 g/mol. The van der Waals surface area contributed by atoms with Crippen LogP contribution in [-0.4, -0.2) is 62.0 Å². The molecule has 0 unspecified atom stereocenters. The molecular weight excluding hydrogens is 202 g/mol. The number of rotatable bonds is 6. The van der Waals surface area contributed by atoms with Crippen LogP contribution in [0, 0.1) is 12.3 Å². The summed E-state index contributed by atoms with van der Waals surface area (Å²) in [5, 5.41) is 2.66. The summed E-state index contributed by atoms with van der Waals surface area (Å²) in [5.41, 5.74) is 0. The van der Waals surface area contributed by atoms with E-state index in [1.165, 1.54) is 25.9 Å². The minimum atomic E-state index is 0.00173. The van der Waals surface area contributed by atoms with E-state index in [1.807, 2.05) is 11.9 Å². The van der Waals surface area contributed by atoms with Crippen LogP contribution in [-0.2, 0) is 4.79 Å². The third kappa shape index (κ3) is 5.15. The van der Waals surface area contributed by atoms with E-state index < -0.39 is 0 Å². The van der Waals surface area contributed by atoms with Gasteiger partial charge in [0.05, 0.1) is 13.1 Å². The number of likely N-dealkylation sites (tertiary alicyclic amines) is 1. The molecule has 1 heterocycles. The van der Waals surface area contributed by atoms with E-state index in [2.05, 4.69) is 16.1 Å². The van der Waals surface area contributed by atoms with Gasteiger partial charge in [-0.2, -0.15) is 0 Å². The number of carbonyl (C=O) groups excluding carboxylic acids is 1. The van der Waals surface area contributed by atoms with E-state index in [0.717, 1.165) is 13.1 Å². The second-order valence-electron chi connectivity index (χ2n) is 4.27. The van der Waals surface area contributed by atoms with Crippen LogP contribution < -0.4 is 5.32 Å². The second kappa shape index (κ2) is 7.26. The Kier molecular flexibility index (Phi) is 5.91. The summed E-state index contributed by atoms with van der Waals surface area (Å²) in [6, 6.07) is 0. The van der Waals surface area contributed by atoms with Crippen LogP contribution in [0.5, 0.6) is 0 Å². The third-order valence-corrected chi connectivity index (χ3v) is 2.80. The highest BCUT2D eigenvalue weighted by atomic mass is 16.1. The minimum Gasteiger partial charge on any atom is -0.344 e. The van der Waals surface area contributed by atoms with Crippen molar-refractivity contribution in [3.05, 3.63) is 0 Å². The van der Waals surface area contributed by atoms with Gasteiger partial charge in [0, 0.05) is 13.1 Å². The molecule has 4 nitrogen and oxygen atoms in total.